The number of aliphatic hydroxyl groups is 1. The molecule has 1 N–H and O–H groups in total. The third kappa shape index (κ3) is 3.18. The van der Waals surface area contributed by atoms with Crippen molar-refractivity contribution in [2.24, 2.45) is 0 Å². The van der Waals surface area contributed by atoms with Gasteiger partial charge in [-0.1, -0.05) is 42.5 Å². The molecule has 2 rings (SSSR count). The number of carbonyl (C=O) groups excluding carboxylic acids is 1. The zero-order chi connectivity index (χ0) is 14.4. The van der Waals surface area contributed by atoms with Crippen LogP contribution in [0.25, 0.3) is 6.08 Å². The molecular formula is C17H18O3. The van der Waals surface area contributed by atoms with E-state index >= 15 is 0 Å². The fraction of sp³-hybridized carbons (Fsp3) is 0.235. The van der Waals surface area contributed by atoms with Crippen LogP contribution in [0.15, 0.2) is 59.4 Å². The summed E-state index contributed by atoms with van der Waals surface area (Å²) in [6.45, 7) is 0. The molecule has 0 amide bonds. The second-order valence-corrected chi connectivity index (χ2v) is 4.64. The summed E-state index contributed by atoms with van der Waals surface area (Å²) in [6.07, 6.45) is 7.57. The molecule has 1 aliphatic rings. The number of ether oxygens (including phenoxy) is 1. The fourth-order valence-corrected chi connectivity index (χ4v) is 2.38. The van der Waals surface area contributed by atoms with Gasteiger partial charge in [0, 0.05) is 0 Å². The van der Waals surface area contributed by atoms with Crippen LogP contribution in [0.2, 0.25) is 0 Å². The predicted octanol–water partition coefficient (Wildman–Crippen LogP) is 3.80. The first-order valence-corrected chi connectivity index (χ1v) is 6.64. The first kappa shape index (κ1) is 14.1. The molecule has 1 aliphatic carbocycles. The van der Waals surface area contributed by atoms with Gasteiger partial charge in [0.2, 0.25) is 0 Å². The van der Waals surface area contributed by atoms with Crippen LogP contribution in [-0.2, 0) is 9.53 Å². The van der Waals surface area contributed by atoms with Crippen LogP contribution in [0.3, 0.4) is 0 Å². The minimum atomic E-state index is -0.491. The smallest absolute Gasteiger partial charge is 0.341 e. The number of methoxy groups -OCH3 is 1. The molecule has 1 aromatic rings. The van der Waals surface area contributed by atoms with E-state index in [9.17, 15) is 9.90 Å². The van der Waals surface area contributed by atoms with Gasteiger partial charge in [-0.25, -0.2) is 4.79 Å². The van der Waals surface area contributed by atoms with E-state index in [1.54, 1.807) is 0 Å². The van der Waals surface area contributed by atoms with E-state index in [4.69, 9.17) is 4.74 Å². The molecular weight excluding hydrogens is 252 g/mol. The third-order valence-electron chi connectivity index (χ3n) is 3.40. The van der Waals surface area contributed by atoms with Gasteiger partial charge in [-0.15, -0.1) is 0 Å². The maximum atomic E-state index is 11.6. The number of benzene rings is 1. The van der Waals surface area contributed by atoms with Crippen molar-refractivity contribution in [2.75, 3.05) is 7.11 Å². The molecule has 0 spiro atoms. The SMILES string of the molecule is COC(=O)/C(=C/O)C1=C(/C=C/c2ccccc2)CCC1. The molecule has 0 heterocycles. The Morgan fingerprint density at radius 1 is 1.20 bits per heavy atom. The van der Waals surface area contributed by atoms with Crippen molar-refractivity contribution in [1.82, 2.24) is 0 Å². The fourth-order valence-electron chi connectivity index (χ4n) is 2.38. The zero-order valence-corrected chi connectivity index (χ0v) is 11.5. The van der Waals surface area contributed by atoms with E-state index < -0.39 is 5.97 Å². The number of hydrogen-bond acceptors (Lipinski definition) is 3. The first-order chi connectivity index (χ1) is 9.76. The van der Waals surface area contributed by atoms with Crippen molar-refractivity contribution in [3.63, 3.8) is 0 Å². The van der Waals surface area contributed by atoms with E-state index in [1.165, 1.54) is 7.11 Å². The van der Waals surface area contributed by atoms with Gasteiger partial charge in [0.1, 0.15) is 0 Å². The largest absolute Gasteiger partial charge is 0.515 e. The molecule has 0 aromatic heterocycles. The van der Waals surface area contributed by atoms with Crippen LogP contribution in [0.1, 0.15) is 24.8 Å². The Balaban J connectivity index is 2.26. The van der Waals surface area contributed by atoms with Crippen LogP contribution < -0.4 is 0 Å². The highest BCUT2D eigenvalue weighted by Gasteiger charge is 2.22. The van der Waals surface area contributed by atoms with E-state index in [0.717, 1.165) is 42.2 Å². The molecule has 0 saturated heterocycles. The summed E-state index contributed by atoms with van der Waals surface area (Å²) in [7, 11) is 1.32. The molecule has 3 nitrogen and oxygen atoms in total. The van der Waals surface area contributed by atoms with Gasteiger partial charge in [0.15, 0.2) is 0 Å². The van der Waals surface area contributed by atoms with Gasteiger partial charge in [-0.3, -0.25) is 0 Å². The summed E-state index contributed by atoms with van der Waals surface area (Å²) in [5.74, 6) is -0.491. The van der Waals surface area contributed by atoms with Gasteiger partial charge in [-0.05, 0) is 36.0 Å². The highest BCUT2D eigenvalue weighted by molar-refractivity contribution is 5.93. The Morgan fingerprint density at radius 2 is 1.95 bits per heavy atom. The van der Waals surface area contributed by atoms with E-state index in [-0.39, 0.29) is 5.57 Å². The lowest BCUT2D eigenvalue weighted by Gasteiger charge is -2.06. The summed E-state index contributed by atoms with van der Waals surface area (Å²) < 4.78 is 4.70. The van der Waals surface area contributed by atoms with Crippen molar-refractivity contribution in [3.05, 3.63) is 65.0 Å². The summed E-state index contributed by atoms with van der Waals surface area (Å²) in [6, 6.07) is 9.99. The zero-order valence-electron chi connectivity index (χ0n) is 11.5. The molecule has 0 aliphatic heterocycles. The molecule has 104 valence electrons. The Kier molecular flexibility index (Phi) is 4.77. The van der Waals surface area contributed by atoms with Crippen LogP contribution in [-0.4, -0.2) is 18.2 Å². The van der Waals surface area contributed by atoms with Crippen molar-refractivity contribution < 1.29 is 14.6 Å². The lowest BCUT2D eigenvalue weighted by molar-refractivity contribution is -0.135. The lowest BCUT2D eigenvalue weighted by Crippen LogP contribution is -2.07. The average molecular weight is 270 g/mol. The van der Waals surface area contributed by atoms with Gasteiger partial charge >= 0.3 is 5.97 Å². The van der Waals surface area contributed by atoms with E-state index in [0.29, 0.717) is 0 Å². The highest BCUT2D eigenvalue weighted by atomic mass is 16.5. The number of aliphatic hydroxyl groups excluding tert-OH is 1. The number of carbonyl (C=O) groups is 1. The number of esters is 1. The topological polar surface area (TPSA) is 46.5 Å². The molecule has 1 aromatic carbocycles. The monoisotopic (exact) mass is 270 g/mol. The highest BCUT2D eigenvalue weighted by Crippen LogP contribution is 2.32. The van der Waals surface area contributed by atoms with Gasteiger partial charge in [0.05, 0.1) is 18.9 Å². The van der Waals surface area contributed by atoms with E-state index in [2.05, 4.69) is 0 Å². The molecule has 20 heavy (non-hydrogen) atoms. The summed E-state index contributed by atoms with van der Waals surface area (Å²) >= 11 is 0. The van der Waals surface area contributed by atoms with Crippen LogP contribution in [0, 0.1) is 0 Å². The van der Waals surface area contributed by atoms with E-state index in [1.807, 2.05) is 42.5 Å². The first-order valence-electron chi connectivity index (χ1n) is 6.64. The van der Waals surface area contributed by atoms with Crippen LogP contribution in [0.4, 0.5) is 0 Å². The van der Waals surface area contributed by atoms with Crippen molar-refractivity contribution in [2.45, 2.75) is 19.3 Å². The lowest BCUT2D eigenvalue weighted by atomic mass is 10.0. The Hall–Kier alpha value is -2.29. The standard InChI is InChI=1S/C17H18O3/c1-20-17(19)16(12-18)15-9-5-8-14(15)11-10-13-6-3-2-4-7-13/h2-4,6-7,10-12,18H,5,8-9H2,1H3/b11-10+,16-12+. The van der Waals surface area contributed by atoms with Gasteiger partial charge in [0.25, 0.3) is 0 Å². The molecule has 0 radical (unpaired) electrons. The second-order valence-electron chi connectivity index (χ2n) is 4.64. The number of hydrogen-bond donors (Lipinski definition) is 1. The van der Waals surface area contributed by atoms with Crippen molar-refractivity contribution in [3.8, 4) is 0 Å². The molecule has 0 saturated carbocycles. The van der Waals surface area contributed by atoms with Gasteiger partial charge < -0.3 is 9.84 Å². The molecule has 3 heteroatoms. The maximum Gasteiger partial charge on any atom is 0.341 e. The number of allylic oxidation sites excluding steroid dienone is 2. The molecule has 0 fully saturated rings. The Morgan fingerprint density at radius 3 is 2.60 bits per heavy atom. The normalized spacial score (nSPS) is 15.9. The predicted molar refractivity (Wildman–Crippen MR) is 79.1 cm³/mol. The molecule has 0 atom stereocenters. The molecule has 0 bridgehead atoms. The maximum absolute atomic E-state index is 11.6. The van der Waals surface area contributed by atoms with Crippen molar-refractivity contribution >= 4 is 12.0 Å². The number of rotatable bonds is 4. The Bertz CT molecular complexity index is 565. The summed E-state index contributed by atoms with van der Waals surface area (Å²) in [4.78, 5) is 11.6. The molecule has 0 unspecified atom stereocenters. The van der Waals surface area contributed by atoms with Crippen LogP contribution >= 0.6 is 0 Å². The average Bonchev–Trinajstić information content (AvgIpc) is 2.95. The summed E-state index contributed by atoms with van der Waals surface area (Å²) in [5.41, 5.74) is 3.34. The Labute approximate surface area is 118 Å². The van der Waals surface area contributed by atoms with Gasteiger partial charge in [-0.2, -0.15) is 0 Å². The summed E-state index contributed by atoms with van der Waals surface area (Å²) in [5, 5.41) is 9.27. The minimum absolute atomic E-state index is 0.262. The van der Waals surface area contributed by atoms with Crippen molar-refractivity contribution in [1.29, 1.82) is 0 Å². The minimum Gasteiger partial charge on any atom is -0.515 e. The quantitative estimate of drug-likeness (QED) is 0.514. The third-order valence-corrected chi connectivity index (χ3v) is 3.40. The van der Waals surface area contributed by atoms with Crippen LogP contribution in [0.5, 0.6) is 0 Å². The second kappa shape index (κ2) is 6.75.